The van der Waals surface area contributed by atoms with E-state index >= 15 is 0 Å². The summed E-state index contributed by atoms with van der Waals surface area (Å²) in [5, 5.41) is 42.7. The fourth-order valence-corrected chi connectivity index (χ4v) is 4.24. The Morgan fingerprint density at radius 2 is 1.38 bits per heavy atom. The predicted molar refractivity (Wildman–Crippen MR) is 112 cm³/mol. The minimum Gasteiger partial charge on any atom is -0.394 e. The van der Waals surface area contributed by atoms with Crippen molar-refractivity contribution < 1.29 is 25.2 Å². The van der Waals surface area contributed by atoms with Crippen LogP contribution in [0.1, 0.15) is 11.7 Å². The lowest BCUT2D eigenvalue weighted by molar-refractivity contribution is -0.231. The van der Waals surface area contributed by atoms with Gasteiger partial charge in [0.25, 0.3) is 0 Å². The minimum absolute atomic E-state index is 0.458. The van der Waals surface area contributed by atoms with E-state index in [9.17, 15) is 20.4 Å². The van der Waals surface area contributed by atoms with Crippen molar-refractivity contribution in [1.29, 1.82) is 0 Å². The molecule has 1 aliphatic rings. The van der Waals surface area contributed by atoms with Gasteiger partial charge in [-0.2, -0.15) is 0 Å². The Bertz CT molecular complexity index is 1020. The summed E-state index contributed by atoms with van der Waals surface area (Å²) in [6, 6.07) is 16.8. The van der Waals surface area contributed by atoms with Crippen LogP contribution in [0.4, 0.5) is 0 Å². The van der Waals surface area contributed by atoms with E-state index in [1.807, 2.05) is 42.5 Å². The molecular weight excluding hydrogens is 415 g/mol. The largest absolute Gasteiger partial charge is 0.394 e. The van der Waals surface area contributed by atoms with Gasteiger partial charge in [-0.15, -0.1) is 0 Å². The fourth-order valence-electron chi connectivity index (χ4n) is 3.72. The number of benzene rings is 3. The molecule has 0 radical (unpaired) electrons. The number of aliphatic hydroxyl groups excluding tert-OH is 4. The lowest BCUT2D eigenvalue weighted by Gasteiger charge is -2.40. The Hall–Kier alpha value is -1.70. The van der Waals surface area contributed by atoms with Gasteiger partial charge in [0.05, 0.1) is 6.61 Å². The average Bonchev–Trinajstić information content (AvgIpc) is 2.71. The quantitative estimate of drug-likeness (QED) is 0.507. The molecule has 0 spiro atoms. The Balaban J connectivity index is 1.68. The van der Waals surface area contributed by atoms with Crippen molar-refractivity contribution in [2.45, 2.75) is 30.5 Å². The van der Waals surface area contributed by atoms with Gasteiger partial charge in [0.15, 0.2) is 0 Å². The molecule has 0 aliphatic carbocycles. The lowest BCUT2D eigenvalue weighted by Crippen LogP contribution is -2.55. The first kappa shape index (κ1) is 20.6. The molecule has 1 saturated heterocycles. The molecule has 152 valence electrons. The summed E-state index contributed by atoms with van der Waals surface area (Å²) >= 11 is 12.2. The SMILES string of the molecule is OC[C@H]1O[C@H](c2ccc3cc(-c4cc(Cl)cc(Cl)c4)ccc3c2)[C@@H](O)[C@@H](O)[C@@H]1O. The van der Waals surface area contributed by atoms with Crippen LogP contribution in [0.3, 0.4) is 0 Å². The summed E-state index contributed by atoms with van der Waals surface area (Å²) in [6.07, 6.45) is -5.89. The Morgan fingerprint density at radius 3 is 2.07 bits per heavy atom. The van der Waals surface area contributed by atoms with Crippen molar-refractivity contribution in [2.24, 2.45) is 0 Å². The zero-order valence-electron chi connectivity index (χ0n) is 15.2. The van der Waals surface area contributed by atoms with Gasteiger partial charge in [0.2, 0.25) is 0 Å². The molecule has 0 saturated carbocycles. The number of hydrogen-bond donors (Lipinski definition) is 4. The normalized spacial score (nSPS) is 27.3. The first-order chi connectivity index (χ1) is 13.9. The third-order valence-corrected chi connectivity index (χ3v) is 5.72. The molecule has 0 unspecified atom stereocenters. The molecule has 7 heteroatoms. The van der Waals surface area contributed by atoms with Crippen molar-refractivity contribution in [3.05, 3.63) is 70.2 Å². The van der Waals surface area contributed by atoms with Crippen LogP contribution >= 0.6 is 23.2 Å². The van der Waals surface area contributed by atoms with Gasteiger partial charge < -0.3 is 25.2 Å². The van der Waals surface area contributed by atoms with Gasteiger partial charge in [-0.05, 0) is 57.8 Å². The van der Waals surface area contributed by atoms with Crippen molar-refractivity contribution in [1.82, 2.24) is 0 Å². The maximum atomic E-state index is 10.3. The highest BCUT2D eigenvalue weighted by atomic mass is 35.5. The van der Waals surface area contributed by atoms with Crippen LogP contribution < -0.4 is 0 Å². The highest BCUT2D eigenvalue weighted by molar-refractivity contribution is 6.35. The first-order valence-electron chi connectivity index (χ1n) is 9.18. The molecule has 0 aromatic heterocycles. The summed E-state index contributed by atoms with van der Waals surface area (Å²) in [5.41, 5.74) is 2.51. The molecule has 5 atom stereocenters. The fraction of sp³-hybridized carbons (Fsp3) is 0.273. The molecular formula is C22H20Cl2O5. The van der Waals surface area contributed by atoms with E-state index in [0.717, 1.165) is 21.9 Å². The zero-order valence-corrected chi connectivity index (χ0v) is 16.8. The molecule has 3 aromatic carbocycles. The highest BCUT2D eigenvalue weighted by Crippen LogP contribution is 2.35. The van der Waals surface area contributed by atoms with Crippen molar-refractivity contribution in [2.75, 3.05) is 6.61 Å². The minimum atomic E-state index is -1.41. The van der Waals surface area contributed by atoms with Gasteiger partial charge in [0, 0.05) is 10.0 Å². The van der Waals surface area contributed by atoms with Crippen LogP contribution in [0, 0.1) is 0 Å². The number of aliphatic hydroxyl groups is 4. The van der Waals surface area contributed by atoms with E-state index in [1.54, 1.807) is 12.1 Å². The van der Waals surface area contributed by atoms with E-state index < -0.39 is 37.1 Å². The molecule has 1 fully saturated rings. The molecule has 4 N–H and O–H groups in total. The predicted octanol–water partition coefficient (Wildman–Crippen LogP) is 3.33. The molecule has 0 amide bonds. The molecule has 0 bridgehead atoms. The summed E-state index contributed by atoms with van der Waals surface area (Å²) < 4.78 is 5.65. The molecule has 29 heavy (non-hydrogen) atoms. The Labute approximate surface area is 177 Å². The molecule has 1 heterocycles. The summed E-state index contributed by atoms with van der Waals surface area (Å²) in [6.45, 7) is -0.458. The molecule has 4 rings (SSSR count). The second kappa shape index (κ2) is 8.20. The van der Waals surface area contributed by atoms with E-state index in [-0.39, 0.29) is 0 Å². The van der Waals surface area contributed by atoms with Gasteiger partial charge in [-0.1, -0.05) is 47.5 Å². The van der Waals surface area contributed by atoms with E-state index in [2.05, 4.69) is 0 Å². The number of ether oxygens (including phenoxy) is 1. The number of fused-ring (bicyclic) bond motifs is 1. The second-order valence-corrected chi connectivity index (χ2v) is 8.10. The zero-order chi connectivity index (χ0) is 20.7. The standard InChI is InChI=1S/C22H20Cl2O5/c23-16-7-15(8-17(24)9-16)13-2-1-12-6-14(4-3-11(12)5-13)22-21(28)20(27)19(26)18(10-25)29-22/h1-9,18-22,25-28H,10H2/t18-,19-,20+,21+,22-/m1/s1. The molecule has 5 nitrogen and oxygen atoms in total. The third kappa shape index (κ3) is 4.00. The Kier molecular flexibility index (Phi) is 5.82. The summed E-state index contributed by atoms with van der Waals surface area (Å²) in [7, 11) is 0. The topological polar surface area (TPSA) is 90.2 Å². The van der Waals surface area contributed by atoms with Crippen molar-refractivity contribution in [3.63, 3.8) is 0 Å². The number of rotatable bonds is 3. The maximum Gasteiger partial charge on any atom is 0.113 e. The van der Waals surface area contributed by atoms with Crippen LogP contribution in [0.15, 0.2) is 54.6 Å². The van der Waals surface area contributed by atoms with Crippen LogP contribution in [0.25, 0.3) is 21.9 Å². The van der Waals surface area contributed by atoms with E-state index in [1.165, 1.54) is 0 Å². The van der Waals surface area contributed by atoms with Crippen LogP contribution in [-0.4, -0.2) is 51.4 Å². The first-order valence-corrected chi connectivity index (χ1v) is 9.93. The maximum absolute atomic E-state index is 10.3. The second-order valence-electron chi connectivity index (χ2n) is 7.23. The lowest BCUT2D eigenvalue weighted by atomic mass is 9.90. The highest BCUT2D eigenvalue weighted by Gasteiger charge is 2.43. The summed E-state index contributed by atoms with van der Waals surface area (Å²) in [4.78, 5) is 0. The molecule has 1 aliphatic heterocycles. The summed E-state index contributed by atoms with van der Waals surface area (Å²) in [5.74, 6) is 0. The monoisotopic (exact) mass is 434 g/mol. The smallest absolute Gasteiger partial charge is 0.113 e. The van der Waals surface area contributed by atoms with Crippen LogP contribution in [0.5, 0.6) is 0 Å². The third-order valence-electron chi connectivity index (χ3n) is 5.28. The molecule has 3 aromatic rings. The van der Waals surface area contributed by atoms with Crippen molar-refractivity contribution >= 4 is 34.0 Å². The van der Waals surface area contributed by atoms with Gasteiger partial charge in [-0.25, -0.2) is 0 Å². The van der Waals surface area contributed by atoms with Crippen LogP contribution in [0.2, 0.25) is 10.0 Å². The number of hydrogen-bond acceptors (Lipinski definition) is 5. The number of halogens is 2. The van der Waals surface area contributed by atoms with E-state index in [0.29, 0.717) is 15.6 Å². The Morgan fingerprint density at radius 1 is 0.724 bits per heavy atom. The van der Waals surface area contributed by atoms with E-state index in [4.69, 9.17) is 27.9 Å². The average molecular weight is 435 g/mol. The van der Waals surface area contributed by atoms with Crippen LogP contribution in [-0.2, 0) is 4.74 Å². The van der Waals surface area contributed by atoms with Crippen molar-refractivity contribution in [3.8, 4) is 11.1 Å². The van der Waals surface area contributed by atoms with Gasteiger partial charge >= 0.3 is 0 Å². The van der Waals surface area contributed by atoms with Gasteiger partial charge in [-0.3, -0.25) is 0 Å². The van der Waals surface area contributed by atoms with Gasteiger partial charge in [0.1, 0.15) is 30.5 Å².